The molecule has 0 radical (unpaired) electrons. The standard InChI is InChI=1S/C11H16ClN3O/c1-16-9-10(12)13-7-14-11(9)15-8-5-3-2-4-6-8/h7-8H,2-6H2,1H3,(H,13,14,15). The van der Waals surface area contributed by atoms with Crippen LogP contribution in [0.2, 0.25) is 5.15 Å². The van der Waals surface area contributed by atoms with E-state index in [0.717, 1.165) is 0 Å². The highest BCUT2D eigenvalue weighted by Crippen LogP contribution is 2.30. The van der Waals surface area contributed by atoms with Crippen LogP contribution < -0.4 is 10.1 Å². The summed E-state index contributed by atoms with van der Waals surface area (Å²) in [6.45, 7) is 0. The van der Waals surface area contributed by atoms with Gasteiger partial charge in [0.2, 0.25) is 0 Å². The van der Waals surface area contributed by atoms with E-state index in [1.54, 1.807) is 7.11 Å². The molecule has 5 heteroatoms. The molecular weight excluding hydrogens is 226 g/mol. The Balaban J connectivity index is 2.10. The van der Waals surface area contributed by atoms with Gasteiger partial charge in [-0.05, 0) is 12.8 Å². The maximum Gasteiger partial charge on any atom is 0.198 e. The molecule has 0 bridgehead atoms. The summed E-state index contributed by atoms with van der Waals surface area (Å²) in [5, 5.41) is 3.74. The normalized spacial score (nSPS) is 17.1. The van der Waals surface area contributed by atoms with E-state index in [2.05, 4.69) is 15.3 Å². The summed E-state index contributed by atoms with van der Waals surface area (Å²) in [5.74, 6) is 1.24. The Morgan fingerprint density at radius 2 is 2.06 bits per heavy atom. The maximum absolute atomic E-state index is 5.93. The number of aromatic nitrogens is 2. The second kappa shape index (κ2) is 5.34. The van der Waals surface area contributed by atoms with Crippen molar-refractivity contribution in [3.63, 3.8) is 0 Å². The molecule has 1 aromatic rings. The summed E-state index contributed by atoms with van der Waals surface area (Å²) in [7, 11) is 1.58. The molecule has 0 unspecified atom stereocenters. The Morgan fingerprint density at radius 1 is 1.31 bits per heavy atom. The van der Waals surface area contributed by atoms with Gasteiger partial charge in [-0.2, -0.15) is 0 Å². The minimum absolute atomic E-state index is 0.357. The average Bonchev–Trinajstić information content (AvgIpc) is 2.31. The average molecular weight is 242 g/mol. The van der Waals surface area contributed by atoms with Gasteiger partial charge in [0.25, 0.3) is 0 Å². The minimum Gasteiger partial charge on any atom is -0.490 e. The van der Waals surface area contributed by atoms with Crippen molar-refractivity contribution in [1.29, 1.82) is 0 Å². The number of hydrogen-bond acceptors (Lipinski definition) is 4. The topological polar surface area (TPSA) is 47.0 Å². The summed E-state index contributed by atoms with van der Waals surface area (Å²) < 4.78 is 5.20. The van der Waals surface area contributed by atoms with Crippen molar-refractivity contribution >= 4 is 17.4 Å². The van der Waals surface area contributed by atoms with Gasteiger partial charge < -0.3 is 10.1 Å². The number of anilines is 1. The third-order valence-electron chi connectivity index (χ3n) is 2.91. The van der Waals surface area contributed by atoms with Crippen LogP contribution >= 0.6 is 11.6 Å². The second-order valence-electron chi connectivity index (χ2n) is 4.03. The smallest absolute Gasteiger partial charge is 0.198 e. The van der Waals surface area contributed by atoms with Crippen LogP contribution in [0.25, 0.3) is 0 Å². The number of nitrogens with zero attached hydrogens (tertiary/aromatic N) is 2. The third kappa shape index (κ3) is 2.55. The first-order valence-corrected chi connectivity index (χ1v) is 6.00. The van der Waals surface area contributed by atoms with Gasteiger partial charge in [-0.1, -0.05) is 30.9 Å². The Labute approximate surface area is 100 Å². The van der Waals surface area contributed by atoms with Gasteiger partial charge in [0.15, 0.2) is 16.7 Å². The molecule has 4 nitrogen and oxygen atoms in total. The lowest BCUT2D eigenvalue weighted by atomic mass is 9.95. The highest BCUT2D eigenvalue weighted by Gasteiger charge is 2.17. The molecule has 0 aliphatic heterocycles. The van der Waals surface area contributed by atoms with Crippen molar-refractivity contribution in [3.8, 4) is 5.75 Å². The fourth-order valence-electron chi connectivity index (χ4n) is 2.08. The molecule has 0 spiro atoms. The summed E-state index contributed by atoms with van der Waals surface area (Å²) in [4.78, 5) is 8.07. The van der Waals surface area contributed by atoms with Crippen LogP contribution in [0.15, 0.2) is 6.33 Å². The largest absolute Gasteiger partial charge is 0.490 e. The van der Waals surface area contributed by atoms with E-state index in [0.29, 0.717) is 22.8 Å². The summed E-state index contributed by atoms with van der Waals surface area (Å²) in [6.07, 6.45) is 7.71. The molecule has 0 aromatic carbocycles. The van der Waals surface area contributed by atoms with Gasteiger partial charge in [-0.3, -0.25) is 0 Å². The molecule has 0 amide bonds. The van der Waals surface area contributed by atoms with Crippen LogP contribution in [-0.2, 0) is 0 Å². The molecule has 2 rings (SSSR count). The molecule has 0 saturated heterocycles. The van der Waals surface area contributed by atoms with Crippen LogP contribution in [0, 0.1) is 0 Å². The highest BCUT2D eigenvalue weighted by atomic mass is 35.5. The Morgan fingerprint density at radius 3 is 2.75 bits per heavy atom. The summed E-state index contributed by atoms with van der Waals surface area (Å²) in [5.41, 5.74) is 0. The zero-order chi connectivity index (χ0) is 11.4. The van der Waals surface area contributed by atoms with Crippen molar-refractivity contribution in [3.05, 3.63) is 11.5 Å². The molecule has 1 N–H and O–H groups in total. The molecule has 1 aromatic heterocycles. The minimum atomic E-state index is 0.357. The summed E-state index contributed by atoms with van der Waals surface area (Å²) in [6, 6.07) is 0.480. The lowest BCUT2D eigenvalue weighted by Gasteiger charge is -2.24. The van der Waals surface area contributed by atoms with Gasteiger partial charge >= 0.3 is 0 Å². The quantitative estimate of drug-likeness (QED) is 0.827. The molecule has 1 heterocycles. The lowest BCUT2D eigenvalue weighted by Crippen LogP contribution is -2.23. The van der Waals surface area contributed by atoms with E-state index in [4.69, 9.17) is 16.3 Å². The SMILES string of the molecule is COc1c(Cl)ncnc1NC1CCCCC1. The lowest BCUT2D eigenvalue weighted by molar-refractivity contribution is 0.409. The zero-order valence-corrected chi connectivity index (χ0v) is 10.1. The van der Waals surface area contributed by atoms with Crippen LogP contribution in [-0.4, -0.2) is 23.1 Å². The molecule has 0 atom stereocenters. The van der Waals surface area contributed by atoms with Crippen molar-refractivity contribution in [1.82, 2.24) is 9.97 Å². The van der Waals surface area contributed by atoms with E-state index in [1.807, 2.05) is 0 Å². The molecule has 16 heavy (non-hydrogen) atoms. The first kappa shape index (κ1) is 11.5. The van der Waals surface area contributed by atoms with Crippen LogP contribution in [0.4, 0.5) is 5.82 Å². The van der Waals surface area contributed by atoms with Gasteiger partial charge in [0, 0.05) is 6.04 Å². The van der Waals surface area contributed by atoms with E-state index in [-0.39, 0.29) is 0 Å². The molecular formula is C11H16ClN3O. The van der Waals surface area contributed by atoms with Crippen molar-refractivity contribution in [2.24, 2.45) is 0 Å². The van der Waals surface area contributed by atoms with E-state index in [9.17, 15) is 0 Å². The Kier molecular flexibility index (Phi) is 3.83. The van der Waals surface area contributed by atoms with E-state index < -0.39 is 0 Å². The van der Waals surface area contributed by atoms with Crippen molar-refractivity contribution < 1.29 is 4.74 Å². The molecule has 1 fully saturated rings. The van der Waals surface area contributed by atoms with Crippen LogP contribution in [0.5, 0.6) is 5.75 Å². The number of halogens is 1. The monoisotopic (exact) mass is 241 g/mol. The van der Waals surface area contributed by atoms with E-state index >= 15 is 0 Å². The highest BCUT2D eigenvalue weighted by molar-refractivity contribution is 6.31. The fraction of sp³-hybridized carbons (Fsp3) is 0.636. The number of methoxy groups -OCH3 is 1. The van der Waals surface area contributed by atoms with Crippen molar-refractivity contribution in [2.75, 3.05) is 12.4 Å². The van der Waals surface area contributed by atoms with Gasteiger partial charge in [0.1, 0.15) is 6.33 Å². The number of nitrogens with one attached hydrogen (secondary N) is 1. The molecule has 1 aliphatic rings. The predicted octanol–water partition coefficient (Wildman–Crippen LogP) is 2.88. The van der Waals surface area contributed by atoms with Crippen LogP contribution in [0.3, 0.4) is 0 Å². The maximum atomic E-state index is 5.93. The fourth-order valence-corrected chi connectivity index (χ4v) is 2.29. The number of hydrogen-bond donors (Lipinski definition) is 1. The molecule has 1 aliphatic carbocycles. The molecule has 1 saturated carbocycles. The Bertz CT molecular complexity index is 353. The summed E-state index contributed by atoms with van der Waals surface area (Å²) >= 11 is 5.93. The second-order valence-corrected chi connectivity index (χ2v) is 4.38. The predicted molar refractivity (Wildman–Crippen MR) is 64.1 cm³/mol. The van der Waals surface area contributed by atoms with Gasteiger partial charge in [-0.15, -0.1) is 0 Å². The van der Waals surface area contributed by atoms with Crippen LogP contribution in [0.1, 0.15) is 32.1 Å². The van der Waals surface area contributed by atoms with Gasteiger partial charge in [-0.25, -0.2) is 9.97 Å². The first-order valence-electron chi connectivity index (χ1n) is 5.62. The number of ether oxygens (including phenoxy) is 1. The Hall–Kier alpha value is -1.03. The zero-order valence-electron chi connectivity index (χ0n) is 9.37. The first-order chi connectivity index (χ1) is 7.81. The van der Waals surface area contributed by atoms with Crippen molar-refractivity contribution in [2.45, 2.75) is 38.1 Å². The number of rotatable bonds is 3. The van der Waals surface area contributed by atoms with E-state index in [1.165, 1.54) is 38.4 Å². The third-order valence-corrected chi connectivity index (χ3v) is 3.18. The molecule has 88 valence electrons. The van der Waals surface area contributed by atoms with Gasteiger partial charge in [0.05, 0.1) is 7.11 Å².